The van der Waals surface area contributed by atoms with E-state index in [-0.39, 0.29) is 5.82 Å². The molecule has 0 spiro atoms. The lowest BCUT2D eigenvalue weighted by molar-refractivity contribution is 0.0476. The van der Waals surface area contributed by atoms with Crippen molar-refractivity contribution in [1.29, 1.82) is 0 Å². The molecule has 1 aromatic rings. The third-order valence-electron chi connectivity index (χ3n) is 5.07. The summed E-state index contributed by atoms with van der Waals surface area (Å²) in [6.07, 6.45) is 14.2. The van der Waals surface area contributed by atoms with E-state index in [0.717, 1.165) is 24.4 Å². The third kappa shape index (κ3) is 1.91. The zero-order chi connectivity index (χ0) is 12.8. The van der Waals surface area contributed by atoms with Gasteiger partial charge in [-0.05, 0) is 43.2 Å². The van der Waals surface area contributed by atoms with Gasteiger partial charge in [-0.2, -0.15) is 0 Å². The van der Waals surface area contributed by atoms with Crippen LogP contribution in [0.3, 0.4) is 0 Å². The minimum atomic E-state index is -0.209. The van der Waals surface area contributed by atoms with E-state index >= 15 is 0 Å². The molecule has 0 radical (unpaired) electrons. The highest BCUT2D eigenvalue weighted by molar-refractivity contribution is 5.24. The molecule has 0 amide bonds. The van der Waals surface area contributed by atoms with Gasteiger partial charge in [-0.15, -0.1) is 0 Å². The standard InChI is InChI=1S/C16H19FN2/c17-13-6-12(9-18-10-13)11-7-15-4-5-16(8-11)19(15)14-2-1-3-14/h4-6,9-11,14-16H,1-3,7-8H2/t11?,15-,16+. The highest BCUT2D eigenvalue weighted by atomic mass is 19.1. The summed E-state index contributed by atoms with van der Waals surface area (Å²) >= 11 is 0. The van der Waals surface area contributed by atoms with Crippen LogP contribution in [0.1, 0.15) is 43.6 Å². The Balaban J connectivity index is 1.54. The van der Waals surface area contributed by atoms with Gasteiger partial charge >= 0.3 is 0 Å². The van der Waals surface area contributed by atoms with Gasteiger partial charge in [0, 0.05) is 24.3 Å². The Morgan fingerprint density at radius 3 is 2.42 bits per heavy atom. The monoisotopic (exact) mass is 258 g/mol. The van der Waals surface area contributed by atoms with Crippen molar-refractivity contribution in [3.8, 4) is 0 Å². The molecule has 3 aliphatic rings. The molecule has 1 saturated heterocycles. The van der Waals surface area contributed by atoms with E-state index in [4.69, 9.17) is 0 Å². The maximum atomic E-state index is 13.3. The highest BCUT2D eigenvalue weighted by Gasteiger charge is 2.42. The van der Waals surface area contributed by atoms with Gasteiger partial charge < -0.3 is 0 Å². The van der Waals surface area contributed by atoms with Gasteiger partial charge in [-0.1, -0.05) is 18.6 Å². The van der Waals surface area contributed by atoms with Crippen LogP contribution in [0.25, 0.3) is 0 Å². The lowest BCUT2D eigenvalue weighted by Gasteiger charge is -2.47. The second-order valence-electron chi connectivity index (χ2n) is 6.16. The molecule has 4 rings (SSSR count). The van der Waals surface area contributed by atoms with Crippen molar-refractivity contribution >= 4 is 0 Å². The van der Waals surface area contributed by atoms with E-state index in [2.05, 4.69) is 22.0 Å². The molecule has 1 aliphatic carbocycles. The minimum absolute atomic E-state index is 0.209. The Bertz CT molecular complexity index is 493. The fourth-order valence-electron chi connectivity index (χ4n) is 3.93. The van der Waals surface area contributed by atoms with Crippen LogP contribution in [0.5, 0.6) is 0 Å². The summed E-state index contributed by atoms with van der Waals surface area (Å²) in [5.41, 5.74) is 1.08. The quantitative estimate of drug-likeness (QED) is 0.757. The lowest BCUT2D eigenvalue weighted by atomic mass is 9.81. The number of pyridine rings is 1. The Morgan fingerprint density at radius 2 is 1.84 bits per heavy atom. The fourth-order valence-corrected chi connectivity index (χ4v) is 3.93. The highest BCUT2D eigenvalue weighted by Crippen LogP contribution is 2.43. The summed E-state index contributed by atoms with van der Waals surface area (Å²) in [5.74, 6) is 0.253. The van der Waals surface area contributed by atoms with Crippen molar-refractivity contribution in [1.82, 2.24) is 9.88 Å². The number of hydrogen-bond donors (Lipinski definition) is 0. The second-order valence-corrected chi connectivity index (χ2v) is 6.16. The van der Waals surface area contributed by atoms with Crippen LogP contribution < -0.4 is 0 Å². The fraction of sp³-hybridized carbons (Fsp3) is 0.562. The second kappa shape index (κ2) is 4.41. The number of piperidine rings is 1. The van der Waals surface area contributed by atoms with Gasteiger partial charge in [0.15, 0.2) is 0 Å². The molecule has 19 heavy (non-hydrogen) atoms. The summed E-state index contributed by atoms with van der Waals surface area (Å²) in [5, 5.41) is 0. The predicted molar refractivity (Wildman–Crippen MR) is 72.4 cm³/mol. The average Bonchev–Trinajstić information content (AvgIpc) is 2.60. The molecule has 0 aromatic carbocycles. The first-order valence-electron chi connectivity index (χ1n) is 7.37. The van der Waals surface area contributed by atoms with E-state index in [1.54, 1.807) is 6.07 Å². The van der Waals surface area contributed by atoms with E-state index in [9.17, 15) is 4.39 Å². The van der Waals surface area contributed by atoms with E-state index in [0.29, 0.717) is 18.0 Å². The van der Waals surface area contributed by atoms with E-state index in [1.807, 2.05) is 6.20 Å². The maximum Gasteiger partial charge on any atom is 0.141 e. The van der Waals surface area contributed by atoms with Crippen LogP contribution in [-0.2, 0) is 0 Å². The number of fused-ring (bicyclic) bond motifs is 2. The van der Waals surface area contributed by atoms with Crippen LogP contribution >= 0.6 is 0 Å². The molecular weight excluding hydrogens is 239 g/mol. The first kappa shape index (κ1) is 11.6. The van der Waals surface area contributed by atoms with Crippen LogP contribution in [-0.4, -0.2) is 28.0 Å². The van der Waals surface area contributed by atoms with Gasteiger partial charge in [0.2, 0.25) is 0 Å². The smallest absolute Gasteiger partial charge is 0.141 e. The van der Waals surface area contributed by atoms with Gasteiger partial charge in [-0.25, -0.2) is 4.39 Å². The molecule has 100 valence electrons. The molecule has 3 atom stereocenters. The lowest BCUT2D eigenvalue weighted by Crippen LogP contribution is -2.51. The Hall–Kier alpha value is -1.22. The average molecular weight is 258 g/mol. The Morgan fingerprint density at radius 1 is 1.11 bits per heavy atom. The summed E-state index contributed by atoms with van der Waals surface area (Å²) < 4.78 is 13.3. The normalized spacial score (nSPS) is 34.5. The molecule has 1 aromatic heterocycles. The number of aromatic nitrogens is 1. The van der Waals surface area contributed by atoms with Gasteiger partial charge in [0.05, 0.1) is 6.20 Å². The summed E-state index contributed by atoms with van der Waals surface area (Å²) in [4.78, 5) is 6.70. The molecule has 2 fully saturated rings. The van der Waals surface area contributed by atoms with E-state index in [1.165, 1.54) is 25.5 Å². The number of nitrogens with zero attached hydrogens (tertiary/aromatic N) is 2. The Labute approximate surface area is 113 Å². The number of halogens is 1. The zero-order valence-corrected chi connectivity index (χ0v) is 11.0. The predicted octanol–water partition coefficient (Wildman–Crippen LogP) is 3.26. The molecular formula is C16H19FN2. The van der Waals surface area contributed by atoms with Crippen LogP contribution in [0, 0.1) is 5.82 Å². The number of rotatable bonds is 2. The SMILES string of the molecule is Fc1cncc(C2C[C@H]3C=C[C@@H](C2)N3C2CCC2)c1. The number of hydrogen-bond acceptors (Lipinski definition) is 2. The minimum Gasteiger partial charge on any atom is -0.288 e. The van der Waals surface area contributed by atoms with Crippen LogP contribution in [0.4, 0.5) is 4.39 Å². The topological polar surface area (TPSA) is 16.1 Å². The maximum absolute atomic E-state index is 13.3. The summed E-state index contributed by atoms with van der Waals surface area (Å²) in [6, 6.07) is 3.60. The molecule has 2 bridgehead atoms. The molecule has 1 unspecified atom stereocenters. The van der Waals surface area contributed by atoms with Gasteiger partial charge in [-0.3, -0.25) is 9.88 Å². The molecule has 3 heteroatoms. The molecule has 2 aliphatic heterocycles. The zero-order valence-electron chi connectivity index (χ0n) is 11.0. The molecule has 1 saturated carbocycles. The summed E-state index contributed by atoms with van der Waals surface area (Å²) in [6.45, 7) is 0. The van der Waals surface area contributed by atoms with Gasteiger partial charge in [0.25, 0.3) is 0 Å². The largest absolute Gasteiger partial charge is 0.288 e. The molecule has 0 N–H and O–H groups in total. The van der Waals surface area contributed by atoms with Crippen molar-refractivity contribution < 1.29 is 4.39 Å². The van der Waals surface area contributed by atoms with Crippen LogP contribution in [0.2, 0.25) is 0 Å². The molecule has 2 nitrogen and oxygen atoms in total. The summed E-state index contributed by atoms with van der Waals surface area (Å²) in [7, 11) is 0. The van der Waals surface area contributed by atoms with Crippen molar-refractivity contribution in [3.63, 3.8) is 0 Å². The first-order chi connectivity index (χ1) is 9.31. The Kier molecular flexibility index (Phi) is 2.69. The van der Waals surface area contributed by atoms with Crippen molar-refractivity contribution in [2.24, 2.45) is 0 Å². The third-order valence-corrected chi connectivity index (χ3v) is 5.07. The molecule has 3 heterocycles. The van der Waals surface area contributed by atoms with E-state index < -0.39 is 0 Å². The van der Waals surface area contributed by atoms with Crippen molar-refractivity contribution in [2.75, 3.05) is 0 Å². The first-order valence-corrected chi connectivity index (χ1v) is 7.37. The van der Waals surface area contributed by atoms with Crippen LogP contribution in [0.15, 0.2) is 30.6 Å². The van der Waals surface area contributed by atoms with Crippen molar-refractivity contribution in [3.05, 3.63) is 42.0 Å². The van der Waals surface area contributed by atoms with Crippen molar-refractivity contribution in [2.45, 2.75) is 56.1 Å². The van der Waals surface area contributed by atoms with Gasteiger partial charge in [0.1, 0.15) is 5.82 Å².